The number of hydrogen-bond donors (Lipinski definition) is 2. The number of piperazine rings is 1. The van der Waals surface area contributed by atoms with Crippen LogP contribution in [0.15, 0.2) is 42.5 Å². The summed E-state index contributed by atoms with van der Waals surface area (Å²) in [7, 11) is 2.13. The molecule has 3 heterocycles. The largest absolute Gasteiger partial charge is 0.490 e. The molecule has 5 rings (SSSR count). The summed E-state index contributed by atoms with van der Waals surface area (Å²) < 4.78 is 82.9. The van der Waals surface area contributed by atoms with E-state index in [0.717, 1.165) is 55.8 Å². The van der Waals surface area contributed by atoms with Crippen LogP contribution in [0, 0.1) is 5.82 Å². The molecule has 2 N–H and O–H groups in total. The third-order valence-electron chi connectivity index (χ3n) is 7.67. The number of halogens is 7. The van der Waals surface area contributed by atoms with Gasteiger partial charge in [0.1, 0.15) is 5.82 Å². The minimum Gasteiger partial charge on any atom is -0.475 e. The van der Waals surface area contributed by atoms with Gasteiger partial charge in [-0.05, 0) is 60.8 Å². The molecule has 1 spiro atoms. The zero-order chi connectivity index (χ0) is 33.6. The highest BCUT2D eigenvalue weighted by Gasteiger charge is 2.46. The van der Waals surface area contributed by atoms with Crippen molar-refractivity contribution in [3.8, 4) is 11.1 Å². The van der Waals surface area contributed by atoms with Crippen LogP contribution in [0.25, 0.3) is 11.1 Å². The second-order valence-corrected chi connectivity index (χ2v) is 10.8. The Bertz CT molecular complexity index is 1330. The number of fused-ring (bicyclic) bond motifs is 2. The molecule has 2 aromatic carbocycles. The van der Waals surface area contributed by atoms with E-state index in [-0.39, 0.29) is 17.1 Å². The number of likely N-dealkylation sites (N-methyl/N-ethyl adjacent to an activating group) is 1. The van der Waals surface area contributed by atoms with E-state index in [4.69, 9.17) is 24.5 Å². The Labute approximate surface area is 253 Å². The van der Waals surface area contributed by atoms with Gasteiger partial charge in [-0.15, -0.1) is 0 Å². The van der Waals surface area contributed by atoms with Gasteiger partial charge in [-0.25, -0.2) is 14.0 Å². The molecule has 2 aromatic rings. The number of carbonyl (C=O) groups excluding carboxylic acids is 1. The van der Waals surface area contributed by atoms with Gasteiger partial charge in [0.15, 0.2) is 0 Å². The topological polar surface area (TPSA) is 111 Å². The van der Waals surface area contributed by atoms with Crippen LogP contribution in [-0.4, -0.2) is 110 Å². The first kappa shape index (κ1) is 35.7. The van der Waals surface area contributed by atoms with E-state index < -0.39 is 24.3 Å². The summed E-state index contributed by atoms with van der Waals surface area (Å²) >= 11 is 0. The zero-order valence-corrected chi connectivity index (χ0v) is 24.1. The van der Waals surface area contributed by atoms with E-state index in [1.807, 2.05) is 17.0 Å². The van der Waals surface area contributed by atoms with Crippen molar-refractivity contribution in [2.24, 2.45) is 0 Å². The fourth-order valence-electron chi connectivity index (χ4n) is 5.21. The molecule has 0 unspecified atom stereocenters. The van der Waals surface area contributed by atoms with Gasteiger partial charge in [-0.1, -0.05) is 18.2 Å². The molecule has 0 aromatic heterocycles. The van der Waals surface area contributed by atoms with Crippen molar-refractivity contribution in [3.05, 3.63) is 53.8 Å². The Balaban J connectivity index is 0.000000331. The minimum absolute atomic E-state index is 0.0747. The molecule has 2 saturated heterocycles. The van der Waals surface area contributed by atoms with Gasteiger partial charge < -0.3 is 24.7 Å². The van der Waals surface area contributed by atoms with Gasteiger partial charge in [-0.2, -0.15) is 26.3 Å². The number of carbonyl (C=O) groups is 3. The molecule has 0 atom stereocenters. The van der Waals surface area contributed by atoms with Crippen LogP contribution in [0.1, 0.15) is 18.4 Å². The number of hydrogen-bond acceptors (Lipinski definition) is 6. The van der Waals surface area contributed by atoms with Crippen molar-refractivity contribution >= 4 is 23.5 Å². The number of carboxylic acid groups (broad SMARTS) is 2. The van der Waals surface area contributed by atoms with Crippen molar-refractivity contribution in [1.82, 2.24) is 9.80 Å². The van der Waals surface area contributed by atoms with Crippen LogP contribution >= 0.6 is 0 Å². The summed E-state index contributed by atoms with van der Waals surface area (Å²) in [5.74, 6) is -5.57. The van der Waals surface area contributed by atoms with Gasteiger partial charge >= 0.3 is 24.3 Å². The summed E-state index contributed by atoms with van der Waals surface area (Å²) in [6, 6.07) is 13.0. The van der Waals surface area contributed by atoms with Gasteiger partial charge in [0.2, 0.25) is 5.91 Å². The second kappa shape index (κ2) is 14.6. The second-order valence-electron chi connectivity index (χ2n) is 10.8. The summed E-state index contributed by atoms with van der Waals surface area (Å²) in [6.07, 6.45) is -8.35. The number of benzene rings is 2. The van der Waals surface area contributed by atoms with E-state index in [0.29, 0.717) is 26.3 Å². The smallest absolute Gasteiger partial charge is 0.475 e. The number of rotatable bonds is 3. The molecule has 0 bridgehead atoms. The highest BCUT2D eigenvalue weighted by atomic mass is 19.4. The molecular weight excluding hydrogens is 619 g/mol. The fraction of sp³-hybridized carbons (Fsp3) is 0.483. The van der Waals surface area contributed by atoms with Gasteiger partial charge in [0.05, 0.1) is 6.54 Å². The minimum atomic E-state index is -5.08. The molecule has 9 nitrogen and oxygen atoms in total. The quantitative estimate of drug-likeness (QED) is 0.471. The number of alkyl halides is 6. The fourth-order valence-corrected chi connectivity index (χ4v) is 5.21. The summed E-state index contributed by atoms with van der Waals surface area (Å²) in [4.78, 5) is 37.7. The van der Waals surface area contributed by atoms with Crippen LogP contribution in [0.2, 0.25) is 0 Å². The molecule has 0 saturated carbocycles. The average Bonchev–Trinajstić information content (AvgIpc) is 3.27. The monoisotopic (exact) mass is 651 g/mol. The number of carboxylic acids is 2. The van der Waals surface area contributed by atoms with Crippen LogP contribution in [0.3, 0.4) is 0 Å². The molecule has 0 aliphatic carbocycles. The van der Waals surface area contributed by atoms with Crippen LogP contribution in [0.4, 0.5) is 36.4 Å². The molecule has 0 radical (unpaired) electrons. The van der Waals surface area contributed by atoms with E-state index in [1.165, 1.54) is 11.6 Å². The molecule has 3 aliphatic rings. The normalized spacial score (nSPS) is 18.3. The first-order chi connectivity index (χ1) is 20.9. The summed E-state index contributed by atoms with van der Waals surface area (Å²) in [6.45, 7) is 6.47. The molecule has 45 heavy (non-hydrogen) atoms. The van der Waals surface area contributed by atoms with Crippen molar-refractivity contribution in [1.29, 1.82) is 0 Å². The number of anilines is 1. The number of amides is 1. The Morgan fingerprint density at radius 1 is 0.844 bits per heavy atom. The lowest BCUT2D eigenvalue weighted by molar-refractivity contribution is -0.193. The molecule has 3 aliphatic heterocycles. The van der Waals surface area contributed by atoms with Crippen LogP contribution < -0.4 is 4.90 Å². The van der Waals surface area contributed by atoms with Gasteiger partial charge in [-0.3, -0.25) is 9.69 Å². The number of ether oxygens (including phenoxy) is 1. The Morgan fingerprint density at radius 3 is 1.89 bits per heavy atom. The maximum atomic E-state index is 13.8. The average molecular weight is 652 g/mol. The first-order valence-electron chi connectivity index (χ1n) is 13.7. The third-order valence-corrected chi connectivity index (χ3v) is 7.67. The molecule has 248 valence electrons. The summed E-state index contributed by atoms with van der Waals surface area (Å²) in [5, 5.41) is 14.2. The predicted molar refractivity (Wildman–Crippen MR) is 147 cm³/mol. The lowest BCUT2D eigenvalue weighted by atomic mass is 9.75. The van der Waals surface area contributed by atoms with Crippen molar-refractivity contribution in [3.63, 3.8) is 0 Å². The number of aliphatic carboxylic acids is 2. The van der Waals surface area contributed by atoms with E-state index in [1.54, 1.807) is 12.1 Å². The summed E-state index contributed by atoms with van der Waals surface area (Å²) in [5.41, 5.74) is 4.02. The SMILES string of the molecule is CN1CCN(CC(=O)N2CC3(CCOCC3)c3cc(-c4cccc(F)c4)ccc32)CC1.O=C(O)C(F)(F)F.O=C(O)C(F)(F)F. The predicted octanol–water partition coefficient (Wildman–Crippen LogP) is 4.40. The lowest BCUT2D eigenvalue weighted by Crippen LogP contribution is -2.49. The Hall–Kier alpha value is -3.76. The Morgan fingerprint density at radius 2 is 1.38 bits per heavy atom. The highest BCUT2D eigenvalue weighted by molar-refractivity contribution is 5.98. The molecular formula is C29H32F7N3O6. The van der Waals surface area contributed by atoms with E-state index in [9.17, 15) is 35.5 Å². The lowest BCUT2D eigenvalue weighted by Gasteiger charge is -2.35. The van der Waals surface area contributed by atoms with Crippen molar-refractivity contribution < 1.29 is 60.1 Å². The first-order valence-corrected chi connectivity index (χ1v) is 13.7. The Kier molecular flexibility index (Phi) is 11.6. The highest BCUT2D eigenvalue weighted by Crippen LogP contribution is 2.48. The third kappa shape index (κ3) is 9.61. The van der Waals surface area contributed by atoms with Crippen molar-refractivity contribution in [2.45, 2.75) is 30.6 Å². The van der Waals surface area contributed by atoms with Crippen molar-refractivity contribution in [2.75, 3.05) is 64.4 Å². The van der Waals surface area contributed by atoms with Crippen LogP contribution in [0.5, 0.6) is 0 Å². The maximum Gasteiger partial charge on any atom is 0.490 e. The number of nitrogens with zero attached hydrogens (tertiary/aromatic N) is 3. The van der Waals surface area contributed by atoms with Crippen LogP contribution in [-0.2, 0) is 24.5 Å². The van der Waals surface area contributed by atoms with E-state index >= 15 is 0 Å². The molecule has 16 heteroatoms. The zero-order valence-electron chi connectivity index (χ0n) is 24.1. The molecule has 1 amide bonds. The van der Waals surface area contributed by atoms with E-state index in [2.05, 4.69) is 29.0 Å². The van der Waals surface area contributed by atoms with Gasteiger partial charge in [0, 0.05) is 57.0 Å². The molecule has 2 fully saturated rings. The van der Waals surface area contributed by atoms with Gasteiger partial charge in [0.25, 0.3) is 0 Å². The maximum absolute atomic E-state index is 13.8. The standard InChI is InChI=1S/C25H30FN3O2.2C2HF3O2/c1-27-9-11-28(12-10-27)17-24(30)29-18-25(7-13-31-14-8-25)22-16-20(5-6-23(22)29)19-3-2-4-21(26)15-19;2*3-2(4,5)1(6)7/h2-6,15-16H,7-14,17-18H2,1H3;2*(H,6,7).